The first-order valence-corrected chi connectivity index (χ1v) is 12.4. The summed E-state index contributed by atoms with van der Waals surface area (Å²) in [5, 5.41) is 4.41. The van der Waals surface area contributed by atoms with Crippen LogP contribution < -0.4 is 15.6 Å². The van der Waals surface area contributed by atoms with Gasteiger partial charge < -0.3 is 10.1 Å². The number of hydrogen-bond acceptors (Lipinski definition) is 6. The second kappa shape index (κ2) is 9.33. The zero-order chi connectivity index (χ0) is 22.8. The summed E-state index contributed by atoms with van der Waals surface area (Å²) in [6.07, 6.45) is 0. The zero-order valence-electron chi connectivity index (χ0n) is 17.9. The van der Waals surface area contributed by atoms with Gasteiger partial charge in [-0.05, 0) is 36.4 Å². The lowest BCUT2D eigenvalue weighted by Crippen LogP contribution is -2.26. The highest BCUT2D eigenvalue weighted by molar-refractivity contribution is 8.00. The molecule has 1 amide bonds. The van der Waals surface area contributed by atoms with Crippen molar-refractivity contribution >= 4 is 46.0 Å². The normalized spacial score (nSPS) is 14.8. The third-order valence-corrected chi connectivity index (χ3v) is 7.78. The van der Waals surface area contributed by atoms with Gasteiger partial charge in [0.05, 0.1) is 35.3 Å². The summed E-state index contributed by atoms with van der Waals surface area (Å²) < 4.78 is 7.13. The second-order valence-electron chi connectivity index (χ2n) is 7.51. The van der Waals surface area contributed by atoms with Crippen molar-refractivity contribution in [1.29, 1.82) is 0 Å². The number of amides is 1. The molecule has 0 fully saturated rings. The van der Waals surface area contributed by atoms with Crippen LogP contribution in [-0.2, 0) is 0 Å². The van der Waals surface area contributed by atoms with Crippen LogP contribution in [-0.4, -0.2) is 34.1 Å². The molecule has 0 spiro atoms. The zero-order valence-corrected chi connectivity index (χ0v) is 19.5. The summed E-state index contributed by atoms with van der Waals surface area (Å²) in [5.41, 5.74) is 1.95. The van der Waals surface area contributed by atoms with Gasteiger partial charge >= 0.3 is 0 Å². The molecule has 6 nitrogen and oxygen atoms in total. The van der Waals surface area contributed by atoms with Crippen LogP contribution in [0.5, 0.6) is 5.75 Å². The molecular formula is C25H21N3O3S2. The van der Waals surface area contributed by atoms with E-state index in [1.165, 1.54) is 0 Å². The number of nitrogens with one attached hydrogen (secondary N) is 1. The van der Waals surface area contributed by atoms with E-state index < -0.39 is 0 Å². The number of carbonyl (C=O) groups is 1. The molecule has 0 saturated carbocycles. The maximum atomic E-state index is 13.1. The Morgan fingerprint density at radius 2 is 1.88 bits per heavy atom. The highest BCUT2D eigenvalue weighted by atomic mass is 32.2. The molecule has 1 aliphatic rings. The number of methoxy groups -OCH3 is 1. The van der Waals surface area contributed by atoms with Crippen molar-refractivity contribution in [3.63, 3.8) is 0 Å². The Hall–Kier alpha value is -3.23. The molecule has 33 heavy (non-hydrogen) atoms. The van der Waals surface area contributed by atoms with Crippen LogP contribution in [0.1, 0.15) is 16.4 Å². The summed E-state index contributed by atoms with van der Waals surface area (Å²) >= 11 is 3.23. The van der Waals surface area contributed by atoms with Crippen LogP contribution in [0.25, 0.3) is 10.9 Å². The predicted molar refractivity (Wildman–Crippen MR) is 134 cm³/mol. The highest BCUT2D eigenvalue weighted by Gasteiger charge is 2.27. The van der Waals surface area contributed by atoms with Crippen molar-refractivity contribution in [3.05, 3.63) is 88.7 Å². The predicted octanol–water partition coefficient (Wildman–Crippen LogP) is 5.10. The van der Waals surface area contributed by atoms with Crippen LogP contribution in [0.15, 0.2) is 87.6 Å². The molecule has 0 radical (unpaired) electrons. The highest BCUT2D eigenvalue weighted by Crippen LogP contribution is 2.36. The molecule has 1 N–H and O–H groups in total. The van der Waals surface area contributed by atoms with Crippen LogP contribution in [0, 0.1) is 0 Å². The molecule has 1 aliphatic heterocycles. The van der Waals surface area contributed by atoms with Gasteiger partial charge in [-0.2, -0.15) is 0 Å². The number of benzene rings is 3. The fraction of sp³-hybridized carbons (Fsp3) is 0.160. The molecule has 1 unspecified atom stereocenters. The molecule has 2 heterocycles. The minimum atomic E-state index is -0.228. The molecule has 0 bridgehead atoms. The van der Waals surface area contributed by atoms with Crippen molar-refractivity contribution < 1.29 is 9.53 Å². The Bertz CT molecular complexity index is 1400. The molecule has 0 saturated heterocycles. The molecule has 1 atom stereocenters. The first-order valence-electron chi connectivity index (χ1n) is 10.5. The number of nitrogens with zero attached hydrogens (tertiary/aromatic N) is 2. The van der Waals surface area contributed by atoms with Crippen LogP contribution >= 0.6 is 23.5 Å². The van der Waals surface area contributed by atoms with Crippen molar-refractivity contribution in [1.82, 2.24) is 9.55 Å². The van der Waals surface area contributed by atoms with Gasteiger partial charge in [-0.15, -0.1) is 11.8 Å². The number of rotatable bonds is 6. The van der Waals surface area contributed by atoms with E-state index >= 15 is 0 Å². The molecular weight excluding hydrogens is 454 g/mol. The number of aromatic nitrogens is 2. The number of anilines is 1. The summed E-state index contributed by atoms with van der Waals surface area (Å²) in [5.74, 6) is 1.79. The molecule has 3 aromatic carbocycles. The Morgan fingerprint density at radius 1 is 1.12 bits per heavy atom. The van der Waals surface area contributed by atoms with Gasteiger partial charge in [0.25, 0.3) is 11.5 Å². The average Bonchev–Trinajstić information content (AvgIpc) is 3.26. The van der Waals surface area contributed by atoms with Gasteiger partial charge in [0.15, 0.2) is 5.16 Å². The summed E-state index contributed by atoms with van der Waals surface area (Å²) in [7, 11) is 1.55. The Balaban J connectivity index is 1.36. The van der Waals surface area contributed by atoms with Gasteiger partial charge in [-0.25, -0.2) is 4.98 Å². The van der Waals surface area contributed by atoms with Crippen molar-refractivity contribution in [2.75, 3.05) is 23.9 Å². The molecule has 166 valence electrons. The number of para-hydroxylation sites is 3. The van der Waals surface area contributed by atoms with Crippen LogP contribution in [0.4, 0.5) is 5.69 Å². The Kier molecular flexibility index (Phi) is 6.11. The third-order valence-electron chi connectivity index (χ3n) is 5.46. The first-order chi connectivity index (χ1) is 16.2. The van der Waals surface area contributed by atoms with E-state index in [4.69, 9.17) is 4.74 Å². The van der Waals surface area contributed by atoms with Gasteiger partial charge in [-0.1, -0.05) is 48.2 Å². The monoisotopic (exact) mass is 475 g/mol. The largest absolute Gasteiger partial charge is 0.496 e. The Labute approximate surface area is 199 Å². The first kappa shape index (κ1) is 21.6. The second-order valence-corrected chi connectivity index (χ2v) is 9.56. The van der Waals surface area contributed by atoms with Crippen molar-refractivity contribution in [2.24, 2.45) is 0 Å². The fourth-order valence-corrected chi connectivity index (χ4v) is 6.20. The maximum Gasteiger partial charge on any atom is 0.262 e. The number of carbonyl (C=O) groups excluding carboxylic acids is 1. The van der Waals surface area contributed by atoms with Crippen molar-refractivity contribution in [3.8, 4) is 5.75 Å². The van der Waals surface area contributed by atoms with E-state index in [9.17, 15) is 9.59 Å². The van der Waals surface area contributed by atoms with E-state index in [1.54, 1.807) is 42.8 Å². The number of hydrogen-bond donors (Lipinski definition) is 1. The van der Waals surface area contributed by atoms with Gasteiger partial charge in [0, 0.05) is 16.4 Å². The number of ether oxygens (including phenoxy) is 1. The van der Waals surface area contributed by atoms with E-state index in [0.717, 1.165) is 27.0 Å². The summed E-state index contributed by atoms with van der Waals surface area (Å²) in [6, 6.07) is 22.3. The number of fused-ring (bicyclic) bond motifs is 2. The number of thioether (sulfide) groups is 2. The third kappa shape index (κ3) is 4.24. The maximum absolute atomic E-state index is 13.1. The van der Waals surface area contributed by atoms with E-state index in [0.29, 0.717) is 22.5 Å². The van der Waals surface area contributed by atoms with E-state index in [2.05, 4.69) is 10.3 Å². The fourth-order valence-electron chi connectivity index (χ4n) is 3.82. The lowest BCUT2D eigenvalue weighted by molar-refractivity contribution is 0.102. The van der Waals surface area contributed by atoms with Crippen molar-refractivity contribution in [2.45, 2.75) is 16.1 Å². The smallest absolute Gasteiger partial charge is 0.262 e. The average molecular weight is 476 g/mol. The van der Waals surface area contributed by atoms with Gasteiger partial charge in [0.1, 0.15) is 5.75 Å². The minimum Gasteiger partial charge on any atom is -0.496 e. The van der Waals surface area contributed by atoms with Crippen LogP contribution in [0.2, 0.25) is 0 Å². The van der Waals surface area contributed by atoms with Gasteiger partial charge in [-0.3, -0.25) is 14.2 Å². The lowest BCUT2D eigenvalue weighted by atomic mass is 10.2. The van der Waals surface area contributed by atoms with E-state index in [1.807, 2.05) is 65.2 Å². The minimum absolute atomic E-state index is 0.00367. The molecule has 1 aromatic heterocycles. The quantitative estimate of drug-likeness (QED) is 0.309. The molecule has 5 rings (SSSR count). The SMILES string of the molecule is COc1ccccc1C(=O)Nc1ccccc1SCC1CSc2nc3ccccc3c(=O)n21. The summed E-state index contributed by atoms with van der Waals surface area (Å²) in [4.78, 5) is 31.6. The van der Waals surface area contributed by atoms with Crippen LogP contribution in [0.3, 0.4) is 0 Å². The standard InChI is InChI=1S/C25H21N3O3S2/c1-31-21-12-6-3-9-18(21)23(29)26-20-11-5-7-13-22(20)32-14-16-15-33-25-27-19-10-4-2-8-17(19)24(30)28(16)25/h2-13,16H,14-15H2,1H3,(H,26,29). The lowest BCUT2D eigenvalue weighted by Gasteiger charge is -2.16. The molecule has 4 aromatic rings. The molecule has 0 aliphatic carbocycles. The van der Waals surface area contributed by atoms with E-state index in [-0.39, 0.29) is 17.5 Å². The summed E-state index contributed by atoms with van der Waals surface area (Å²) in [6.45, 7) is 0. The van der Waals surface area contributed by atoms with Gasteiger partial charge in [0.2, 0.25) is 0 Å². The molecule has 8 heteroatoms. The topological polar surface area (TPSA) is 73.2 Å². The Morgan fingerprint density at radius 3 is 2.76 bits per heavy atom.